The van der Waals surface area contributed by atoms with Crippen molar-refractivity contribution < 1.29 is 19.4 Å². The van der Waals surface area contributed by atoms with Crippen LogP contribution in [0.15, 0.2) is 66.7 Å². The monoisotopic (exact) mass is 403 g/mol. The number of quaternary nitrogens is 2. The molecule has 1 aliphatic rings. The first-order valence-electron chi connectivity index (χ1n) is 10.6. The standard InChI is InChI=1S/C25H27N3O2/c1-19(29)20-9-11-23(12-10-20)26-25(30)18-28-15-13-27(14-16-28)17-22-7-4-6-21-5-2-3-8-24(21)22/h2-12H,13-18H2,1H3,(H,26,30)/p+2. The topological polar surface area (TPSA) is 55.0 Å². The Kier molecular flexibility index (Phi) is 6.21. The first-order valence-corrected chi connectivity index (χ1v) is 10.6. The summed E-state index contributed by atoms with van der Waals surface area (Å²) in [6.07, 6.45) is 0. The molecule has 0 radical (unpaired) electrons. The van der Waals surface area contributed by atoms with Gasteiger partial charge in [0, 0.05) is 16.8 Å². The largest absolute Gasteiger partial charge is 0.322 e. The number of anilines is 1. The minimum absolute atomic E-state index is 0.0260. The zero-order valence-electron chi connectivity index (χ0n) is 17.4. The summed E-state index contributed by atoms with van der Waals surface area (Å²) in [5, 5.41) is 5.59. The van der Waals surface area contributed by atoms with Crippen molar-refractivity contribution in [3.8, 4) is 0 Å². The van der Waals surface area contributed by atoms with Crippen molar-refractivity contribution in [1.29, 1.82) is 0 Å². The van der Waals surface area contributed by atoms with E-state index in [1.165, 1.54) is 21.2 Å². The molecule has 1 heterocycles. The molecule has 0 aliphatic carbocycles. The molecule has 0 spiro atoms. The number of amides is 1. The average Bonchev–Trinajstić information content (AvgIpc) is 2.76. The highest BCUT2D eigenvalue weighted by Gasteiger charge is 2.25. The van der Waals surface area contributed by atoms with E-state index < -0.39 is 0 Å². The van der Waals surface area contributed by atoms with Crippen LogP contribution in [-0.4, -0.2) is 44.4 Å². The molecule has 3 aromatic carbocycles. The van der Waals surface area contributed by atoms with E-state index in [4.69, 9.17) is 0 Å². The van der Waals surface area contributed by atoms with Gasteiger partial charge in [0.1, 0.15) is 32.7 Å². The molecule has 30 heavy (non-hydrogen) atoms. The van der Waals surface area contributed by atoms with Gasteiger partial charge >= 0.3 is 0 Å². The van der Waals surface area contributed by atoms with E-state index in [-0.39, 0.29) is 11.7 Å². The fraction of sp³-hybridized carbons (Fsp3) is 0.280. The van der Waals surface area contributed by atoms with Gasteiger partial charge in [0.25, 0.3) is 5.91 Å². The molecule has 1 fully saturated rings. The maximum atomic E-state index is 12.4. The van der Waals surface area contributed by atoms with Crippen LogP contribution in [0.25, 0.3) is 10.8 Å². The van der Waals surface area contributed by atoms with Crippen LogP contribution in [-0.2, 0) is 11.3 Å². The number of carbonyl (C=O) groups is 2. The highest BCUT2D eigenvalue weighted by Crippen LogP contribution is 2.17. The minimum Gasteiger partial charge on any atom is -0.322 e. The Balaban J connectivity index is 1.27. The van der Waals surface area contributed by atoms with E-state index in [1.54, 1.807) is 36.1 Å². The lowest BCUT2D eigenvalue weighted by Crippen LogP contribution is -3.28. The van der Waals surface area contributed by atoms with Gasteiger partial charge in [-0.25, -0.2) is 0 Å². The number of fused-ring (bicyclic) bond motifs is 1. The van der Waals surface area contributed by atoms with E-state index in [2.05, 4.69) is 47.8 Å². The van der Waals surface area contributed by atoms with E-state index in [1.807, 2.05) is 0 Å². The molecule has 1 saturated heterocycles. The molecule has 4 rings (SSSR count). The van der Waals surface area contributed by atoms with Crippen molar-refractivity contribution in [1.82, 2.24) is 0 Å². The van der Waals surface area contributed by atoms with Gasteiger partial charge in [0.2, 0.25) is 0 Å². The Morgan fingerprint density at radius 3 is 2.23 bits per heavy atom. The Hall–Kier alpha value is -3.02. The summed E-state index contributed by atoms with van der Waals surface area (Å²) < 4.78 is 0. The zero-order chi connectivity index (χ0) is 20.9. The summed E-state index contributed by atoms with van der Waals surface area (Å²) in [5.41, 5.74) is 2.80. The fourth-order valence-electron chi connectivity index (χ4n) is 4.25. The molecule has 0 aromatic heterocycles. The second-order valence-electron chi connectivity index (χ2n) is 8.17. The molecule has 1 aliphatic heterocycles. The van der Waals surface area contributed by atoms with Crippen LogP contribution in [0.4, 0.5) is 5.69 Å². The molecular formula is C25H29N3O2+2. The summed E-state index contributed by atoms with van der Waals surface area (Å²) >= 11 is 0. The van der Waals surface area contributed by atoms with E-state index in [0.29, 0.717) is 12.1 Å². The average molecular weight is 404 g/mol. The highest BCUT2D eigenvalue weighted by molar-refractivity contribution is 5.95. The molecule has 0 saturated carbocycles. The zero-order valence-corrected chi connectivity index (χ0v) is 17.4. The number of carbonyl (C=O) groups excluding carboxylic acids is 2. The Labute approximate surface area is 177 Å². The quantitative estimate of drug-likeness (QED) is 0.537. The molecule has 154 valence electrons. The lowest BCUT2D eigenvalue weighted by Gasteiger charge is -2.29. The first-order chi connectivity index (χ1) is 14.6. The molecule has 3 N–H and O–H groups in total. The predicted molar refractivity (Wildman–Crippen MR) is 119 cm³/mol. The van der Waals surface area contributed by atoms with Crippen LogP contribution in [0.2, 0.25) is 0 Å². The SMILES string of the molecule is CC(=O)c1ccc(NC(=O)C[NH+]2CC[NH+](Cc3cccc4ccccc34)CC2)cc1. The molecule has 3 aromatic rings. The molecule has 5 nitrogen and oxygen atoms in total. The summed E-state index contributed by atoms with van der Waals surface area (Å²) in [6.45, 7) is 7.18. The Morgan fingerprint density at radius 2 is 1.50 bits per heavy atom. The number of rotatable bonds is 6. The van der Waals surface area contributed by atoms with Gasteiger partial charge < -0.3 is 15.1 Å². The molecule has 0 atom stereocenters. The smallest absolute Gasteiger partial charge is 0.279 e. The van der Waals surface area contributed by atoms with Crippen molar-refractivity contribution in [3.63, 3.8) is 0 Å². The van der Waals surface area contributed by atoms with Gasteiger partial charge in [0.05, 0.1) is 0 Å². The van der Waals surface area contributed by atoms with Gasteiger partial charge in [-0.15, -0.1) is 0 Å². The van der Waals surface area contributed by atoms with Crippen LogP contribution in [0.1, 0.15) is 22.8 Å². The normalized spacial score (nSPS) is 18.8. The van der Waals surface area contributed by atoms with Crippen molar-refractivity contribution in [3.05, 3.63) is 77.9 Å². The third kappa shape index (κ3) is 4.93. The molecule has 5 heteroatoms. The van der Waals surface area contributed by atoms with Crippen molar-refractivity contribution in [2.75, 3.05) is 38.0 Å². The number of piperazine rings is 1. The lowest BCUT2D eigenvalue weighted by molar-refractivity contribution is -1.01. The number of Topliss-reactive ketones (excluding diaryl/α,β-unsaturated/α-hetero) is 1. The first kappa shape index (κ1) is 20.3. The number of hydrogen-bond donors (Lipinski definition) is 3. The van der Waals surface area contributed by atoms with E-state index in [9.17, 15) is 9.59 Å². The van der Waals surface area contributed by atoms with Crippen LogP contribution in [0.5, 0.6) is 0 Å². The third-order valence-corrected chi connectivity index (χ3v) is 5.97. The minimum atomic E-state index is 0.0260. The van der Waals surface area contributed by atoms with Crippen LogP contribution in [0, 0.1) is 0 Å². The predicted octanol–water partition coefficient (Wildman–Crippen LogP) is 0.965. The second-order valence-corrected chi connectivity index (χ2v) is 8.17. The second kappa shape index (κ2) is 9.20. The van der Waals surface area contributed by atoms with E-state index in [0.717, 1.165) is 38.4 Å². The van der Waals surface area contributed by atoms with Crippen LogP contribution >= 0.6 is 0 Å². The van der Waals surface area contributed by atoms with Crippen molar-refractivity contribution >= 4 is 28.2 Å². The van der Waals surface area contributed by atoms with Crippen LogP contribution in [0.3, 0.4) is 0 Å². The summed E-state index contributed by atoms with van der Waals surface area (Å²) in [6, 6.07) is 22.2. The summed E-state index contributed by atoms with van der Waals surface area (Å²) in [7, 11) is 0. The molecule has 1 amide bonds. The highest BCUT2D eigenvalue weighted by atomic mass is 16.2. The summed E-state index contributed by atoms with van der Waals surface area (Å²) in [5.74, 6) is 0.0549. The molecular weight excluding hydrogens is 374 g/mol. The van der Waals surface area contributed by atoms with Gasteiger partial charge in [0.15, 0.2) is 12.3 Å². The van der Waals surface area contributed by atoms with E-state index >= 15 is 0 Å². The molecule has 0 unspecified atom stereocenters. The number of hydrogen-bond acceptors (Lipinski definition) is 2. The fourth-order valence-corrected chi connectivity index (χ4v) is 4.25. The Morgan fingerprint density at radius 1 is 0.833 bits per heavy atom. The van der Waals surface area contributed by atoms with Gasteiger partial charge in [-0.3, -0.25) is 9.59 Å². The number of nitrogens with one attached hydrogen (secondary N) is 3. The van der Waals surface area contributed by atoms with Crippen molar-refractivity contribution in [2.45, 2.75) is 13.5 Å². The van der Waals surface area contributed by atoms with Gasteiger partial charge in [-0.1, -0.05) is 42.5 Å². The van der Waals surface area contributed by atoms with Crippen LogP contribution < -0.4 is 15.1 Å². The number of benzene rings is 3. The maximum absolute atomic E-state index is 12.4. The molecule has 0 bridgehead atoms. The van der Waals surface area contributed by atoms with Gasteiger partial charge in [-0.05, 0) is 42.0 Å². The summed E-state index contributed by atoms with van der Waals surface area (Å²) in [4.78, 5) is 26.7. The van der Waals surface area contributed by atoms with Crippen molar-refractivity contribution in [2.24, 2.45) is 0 Å². The third-order valence-electron chi connectivity index (χ3n) is 5.97. The lowest BCUT2D eigenvalue weighted by atomic mass is 10.0. The maximum Gasteiger partial charge on any atom is 0.279 e. The number of ketones is 1. The van der Waals surface area contributed by atoms with Gasteiger partial charge in [-0.2, -0.15) is 0 Å². The Bertz CT molecular complexity index is 1030.